The molecule has 0 N–H and O–H groups in total. The van der Waals surface area contributed by atoms with Crippen LogP contribution >= 0.6 is 11.8 Å². The molecule has 0 atom stereocenters. The fourth-order valence-electron chi connectivity index (χ4n) is 2.35. The summed E-state index contributed by atoms with van der Waals surface area (Å²) in [5, 5.41) is 14.0. The van der Waals surface area contributed by atoms with Crippen LogP contribution in [0.3, 0.4) is 0 Å². The van der Waals surface area contributed by atoms with Crippen molar-refractivity contribution < 1.29 is 4.74 Å². The highest BCUT2D eigenvalue weighted by Gasteiger charge is 2.20. The van der Waals surface area contributed by atoms with Crippen LogP contribution in [0.1, 0.15) is 5.56 Å². The lowest BCUT2D eigenvalue weighted by molar-refractivity contribution is 0.414. The third-order valence-electron chi connectivity index (χ3n) is 3.49. The molecule has 6 nitrogen and oxygen atoms in total. The van der Waals surface area contributed by atoms with Crippen molar-refractivity contribution in [2.24, 2.45) is 5.10 Å². The van der Waals surface area contributed by atoms with Crippen molar-refractivity contribution in [3.8, 4) is 17.1 Å². The lowest BCUT2D eigenvalue weighted by atomic mass is 10.1. The van der Waals surface area contributed by atoms with Gasteiger partial charge in [0.05, 0.1) is 12.8 Å². The Balaban J connectivity index is 1.78. The average Bonchev–Trinajstić information content (AvgIpc) is 3.05. The summed E-state index contributed by atoms with van der Waals surface area (Å²) in [5.41, 5.74) is 2.89. The zero-order valence-electron chi connectivity index (χ0n) is 12.4. The molecule has 0 radical (unpaired) electrons. The Hall–Kier alpha value is -2.67. The van der Waals surface area contributed by atoms with E-state index in [0.717, 1.165) is 33.5 Å². The number of nitrogens with zero attached hydrogens (tertiary/aromatic N) is 5. The third-order valence-corrected chi connectivity index (χ3v) is 4.42. The second-order valence-corrected chi connectivity index (χ2v) is 5.87. The molecule has 0 amide bonds. The molecule has 3 aromatic rings. The van der Waals surface area contributed by atoms with Crippen molar-refractivity contribution >= 4 is 17.5 Å². The van der Waals surface area contributed by atoms with E-state index >= 15 is 0 Å². The van der Waals surface area contributed by atoms with Crippen LogP contribution in [-0.2, 0) is 0 Å². The number of hydrogen-bond acceptors (Lipinski definition) is 6. The lowest BCUT2D eigenvalue weighted by Gasteiger charge is -2.14. The molecule has 0 bridgehead atoms. The van der Waals surface area contributed by atoms with Crippen LogP contribution in [0.15, 0.2) is 59.0 Å². The number of aromatic nitrogens is 4. The predicted molar refractivity (Wildman–Crippen MR) is 88.9 cm³/mol. The van der Waals surface area contributed by atoms with E-state index in [1.54, 1.807) is 35.9 Å². The Labute approximate surface area is 137 Å². The van der Waals surface area contributed by atoms with Gasteiger partial charge >= 0.3 is 0 Å². The van der Waals surface area contributed by atoms with Gasteiger partial charge in [0.2, 0.25) is 5.16 Å². The van der Waals surface area contributed by atoms with Crippen LogP contribution in [0.5, 0.6) is 5.75 Å². The fourth-order valence-corrected chi connectivity index (χ4v) is 3.19. The number of benzene rings is 1. The van der Waals surface area contributed by atoms with E-state index in [-0.39, 0.29) is 0 Å². The molecule has 7 heteroatoms. The highest BCUT2D eigenvalue weighted by atomic mass is 32.2. The van der Waals surface area contributed by atoms with Crippen LogP contribution in [0.25, 0.3) is 11.4 Å². The standard InChI is InChI=1S/C16H13N5OS/c1-22-13-6-2-4-11(8-13)14-10-23-16-19-18-15(21(16)20-14)12-5-3-7-17-9-12/h2-9H,10H2,1H3. The third kappa shape index (κ3) is 2.59. The van der Waals surface area contributed by atoms with Crippen molar-refractivity contribution in [1.29, 1.82) is 0 Å². The van der Waals surface area contributed by atoms with Crippen LogP contribution < -0.4 is 4.74 Å². The van der Waals surface area contributed by atoms with E-state index < -0.39 is 0 Å². The Morgan fingerprint density at radius 3 is 2.87 bits per heavy atom. The lowest BCUT2D eigenvalue weighted by Crippen LogP contribution is -2.13. The number of fused-ring (bicyclic) bond motifs is 1. The topological polar surface area (TPSA) is 65.2 Å². The molecular weight excluding hydrogens is 310 g/mol. The Morgan fingerprint density at radius 1 is 1.13 bits per heavy atom. The number of ether oxygens (including phenoxy) is 1. The molecule has 0 spiro atoms. The second-order valence-electron chi connectivity index (χ2n) is 4.93. The van der Waals surface area contributed by atoms with Gasteiger partial charge in [0.1, 0.15) is 5.75 Å². The minimum Gasteiger partial charge on any atom is -0.497 e. The van der Waals surface area contributed by atoms with Crippen molar-refractivity contribution in [3.63, 3.8) is 0 Å². The number of pyridine rings is 1. The Morgan fingerprint density at radius 2 is 2.04 bits per heavy atom. The van der Waals surface area contributed by atoms with E-state index in [0.29, 0.717) is 5.82 Å². The first-order valence-electron chi connectivity index (χ1n) is 7.06. The second kappa shape index (κ2) is 5.85. The molecule has 0 unspecified atom stereocenters. The van der Waals surface area contributed by atoms with Gasteiger partial charge in [-0.3, -0.25) is 4.98 Å². The van der Waals surface area contributed by atoms with E-state index in [2.05, 4.69) is 15.2 Å². The first-order valence-corrected chi connectivity index (χ1v) is 8.04. The number of hydrogen-bond donors (Lipinski definition) is 0. The molecule has 0 saturated carbocycles. The first-order chi connectivity index (χ1) is 11.3. The molecule has 0 saturated heterocycles. The Bertz CT molecular complexity index is 875. The first kappa shape index (κ1) is 14.0. The molecule has 23 heavy (non-hydrogen) atoms. The summed E-state index contributed by atoms with van der Waals surface area (Å²) in [6, 6.07) is 11.7. The van der Waals surface area contributed by atoms with Crippen LogP contribution in [0, 0.1) is 0 Å². The van der Waals surface area contributed by atoms with Gasteiger partial charge in [-0.15, -0.1) is 10.2 Å². The largest absolute Gasteiger partial charge is 0.497 e. The summed E-state index contributed by atoms with van der Waals surface area (Å²) < 4.78 is 7.07. The van der Waals surface area contributed by atoms with Gasteiger partial charge in [0, 0.05) is 29.3 Å². The minimum atomic E-state index is 0.695. The highest BCUT2D eigenvalue weighted by molar-refractivity contribution is 7.99. The summed E-state index contributed by atoms with van der Waals surface area (Å²) in [4.78, 5) is 4.14. The SMILES string of the molecule is COc1cccc(C2=Nn3c(nnc3-c3cccnc3)SC2)c1. The van der Waals surface area contributed by atoms with Crippen LogP contribution in [0.2, 0.25) is 0 Å². The quantitative estimate of drug-likeness (QED) is 0.741. The summed E-state index contributed by atoms with van der Waals surface area (Å²) >= 11 is 1.62. The molecule has 3 heterocycles. The molecule has 0 fully saturated rings. The molecule has 1 aromatic carbocycles. The maximum atomic E-state index is 5.29. The molecular formula is C16H13N5OS. The molecule has 114 valence electrons. The van der Waals surface area contributed by atoms with Gasteiger partial charge in [0.25, 0.3) is 0 Å². The molecule has 4 rings (SSSR count). The van der Waals surface area contributed by atoms with Gasteiger partial charge in [-0.1, -0.05) is 23.9 Å². The van der Waals surface area contributed by atoms with E-state index in [1.165, 1.54) is 0 Å². The fraction of sp³-hybridized carbons (Fsp3) is 0.125. The van der Waals surface area contributed by atoms with Gasteiger partial charge in [0.15, 0.2) is 5.82 Å². The number of methoxy groups -OCH3 is 1. The van der Waals surface area contributed by atoms with Gasteiger partial charge in [-0.05, 0) is 24.3 Å². The summed E-state index contributed by atoms with van der Waals surface area (Å²) in [6.07, 6.45) is 3.49. The summed E-state index contributed by atoms with van der Waals surface area (Å²) in [6.45, 7) is 0. The van der Waals surface area contributed by atoms with Crippen molar-refractivity contribution in [2.45, 2.75) is 5.16 Å². The van der Waals surface area contributed by atoms with Crippen molar-refractivity contribution in [2.75, 3.05) is 12.9 Å². The number of thioether (sulfide) groups is 1. The van der Waals surface area contributed by atoms with Gasteiger partial charge < -0.3 is 4.74 Å². The van der Waals surface area contributed by atoms with E-state index in [9.17, 15) is 0 Å². The van der Waals surface area contributed by atoms with Gasteiger partial charge in [-0.2, -0.15) is 9.78 Å². The zero-order valence-corrected chi connectivity index (χ0v) is 13.2. The van der Waals surface area contributed by atoms with Crippen molar-refractivity contribution in [3.05, 3.63) is 54.4 Å². The van der Waals surface area contributed by atoms with Crippen molar-refractivity contribution in [1.82, 2.24) is 19.9 Å². The molecule has 0 aliphatic carbocycles. The van der Waals surface area contributed by atoms with E-state index in [4.69, 9.17) is 9.84 Å². The number of rotatable bonds is 3. The normalized spacial score (nSPS) is 13.3. The summed E-state index contributed by atoms with van der Waals surface area (Å²) in [5.74, 6) is 2.26. The van der Waals surface area contributed by atoms with Crippen LogP contribution in [-0.4, -0.2) is 38.4 Å². The minimum absolute atomic E-state index is 0.695. The maximum Gasteiger partial charge on any atom is 0.212 e. The summed E-state index contributed by atoms with van der Waals surface area (Å²) in [7, 11) is 1.66. The predicted octanol–water partition coefficient (Wildman–Crippen LogP) is 2.71. The van der Waals surface area contributed by atoms with E-state index in [1.807, 2.05) is 36.4 Å². The molecule has 1 aliphatic rings. The molecule has 1 aliphatic heterocycles. The Kier molecular flexibility index (Phi) is 3.55. The van der Waals surface area contributed by atoms with Crippen LogP contribution in [0.4, 0.5) is 0 Å². The smallest absolute Gasteiger partial charge is 0.212 e. The molecule has 2 aromatic heterocycles. The average molecular weight is 323 g/mol. The highest BCUT2D eigenvalue weighted by Crippen LogP contribution is 2.28. The monoisotopic (exact) mass is 323 g/mol. The maximum absolute atomic E-state index is 5.29. The zero-order chi connectivity index (χ0) is 15.6. The van der Waals surface area contributed by atoms with Gasteiger partial charge in [-0.25, -0.2) is 0 Å².